The molecule has 1 fully saturated rings. The fraction of sp³-hybridized carbons (Fsp3) is 0.429. The maximum atomic E-state index is 12.4. The van der Waals surface area contributed by atoms with E-state index in [0.29, 0.717) is 18.9 Å². The van der Waals surface area contributed by atoms with Gasteiger partial charge in [-0.3, -0.25) is 14.7 Å². The zero-order valence-corrected chi connectivity index (χ0v) is 15.2. The predicted molar refractivity (Wildman–Crippen MR) is 100 cm³/mol. The Morgan fingerprint density at radius 2 is 1.60 bits per heavy atom. The third-order valence-corrected chi connectivity index (χ3v) is 4.86. The Labute approximate surface area is 150 Å². The Morgan fingerprint density at radius 3 is 2.28 bits per heavy atom. The lowest BCUT2D eigenvalue weighted by atomic mass is 10.0. The van der Waals surface area contributed by atoms with Crippen LogP contribution in [-0.4, -0.2) is 40.3 Å². The molecule has 0 radical (unpaired) electrons. The normalized spacial score (nSPS) is 16.3. The van der Waals surface area contributed by atoms with E-state index in [9.17, 15) is 4.79 Å². The highest BCUT2D eigenvalue weighted by molar-refractivity contribution is 5.76. The maximum Gasteiger partial charge on any atom is 0.224 e. The summed E-state index contributed by atoms with van der Waals surface area (Å²) in [6.07, 6.45) is 4.16. The number of amides is 1. The van der Waals surface area contributed by atoms with E-state index in [4.69, 9.17) is 0 Å². The molecule has 1 aromatic carbocycles. The summed E-state index contributed by atoms with van der Waals surface area (Å²) in [5.74, 6) is 0.807. The van der Waals surface area contributed by atoms with Crippen molar-refractivity contribution < 1.29 is 4.79 Å². The van der Waals surface area contributed by atoms with Crippen LogP contribution in [0.15, 0.2) is 48.8 Å². The van der Waals surface area contributed by atoms with Crippen LogP contribution in [0.2, 0.25) is 0 Å². The largest absolute Gasteiger partial charge is 0.337 e. The monoisotopic (exact) mass is 337 g/mol. The first-order valence-corrected chi connectivity index (χ1v) is 9.09. The second-order valence-corrected chi connectivity index (χ2v) is 7.09. The molecule has 132 valence electrons. The number of carbonyl (C=O) groups is 1. The number of rotatable bonds is 5. The van der Waals surface area contributed by atoms with Gasteiger partial charge in [0.05, 0.1) is 0 Å². The van der Waals surface area contributed by atoms with E-state index in [-0.39, 0.29) is 5.91 Å². The molecule has 1 aliphatic rings. The zero-order chi connectivity index (χ0) is 17.6. The van der Waals surface area contributed by atoms with Gasteiger partial charge in [-0.15, -0.1) is 0 Å². The summed E-state index contributed by atoms with van der Waals surface area (Å²) in [7, 11) is 0. The summed E-state index contributed by atoms with van der Waals surface area (Å²) in [5.41, 5.74) is 3.83. The average molecular weight is 337 g/mol. The molecule has 4 heteroatoms. The Balaban J connectivity index is 1.58. The lowest BCUT2D eigenvalue weighted by molar-refractivity contribution is -0.130. The van der Waals surface area contributed by atoms with Gasteiger partial charge in [-0.1, -0.05) is 38.1 Å². The van der Waals surface area contributed by atoms with Crippen molar-refractivity contribution in [2.24, 2.45) is 0 Å². The van der Waals surface area contributed by atoms with Crippen LogP contribution in [0, 0.1) is 0 Å². The smallest absolute Gasteiger partial charge is 0.224 e. The Hall–Kier alpha value is -2.20. The van der Waals surface area contributed by atoms with E-state index < -0.39 is 0 Å². The van der Waals surface area contributed by atoms with Crippen molar-refractivity contribution in [2.75, 3.05) is 19.6 Å². The highest BCUT2D eigenvalue weighted by Gasteiger charge is 2.21. The molecule has 0 spiro atoms. The van der Waals surface area contributed by atoms with Gasteiger partial charge in [0.25, 0.3) is 0 Å². The average Bonchev–Trinajstić information content (AvgIpc) is 2.79. The molecule has 4 nitrogen and oxygen atoms in total. The first-order chi connectivity index (χ1) is 12.1. The Bertz CT molecular complexity index is 682. The molecule has 25 heavy (non-hydrogen) atoms. The minimum atomic E-state index is 0.245. The van der Waals surface area contributed by atoms with Gasteiger partial charge in [0.2, 0.25) is 5.91 Å². The van der Waals surface area contributed by atoms with Crippen molar-refractivity contribution in [1.82, 2.24) is 14.8 Å². The molecule has 1 saturated heterocycles. The molecule has 3 rings (SSSR count). The molecule has 1 aliphatic heterocycles. The van der Waals surface area contributed by atoms with E-state index in [2.05, 4.69) is 48.0 Å². The summed E-state index contributed by atoms with van der Waals surface area (Å²) < 4.78 is 0. The number of nitrogens with zero attached hydrogens (tertiary/aromatic N) is 3. The van der Waals surface area contributed by atoms with Gasteiger partial charge in [0.15, 0.2) is 0 Å². The van der Waals surface area contributed by atoms with Gasteiger partial charge in [0, 0.05) is 51.5 Å². The third-order valence-electron chi connectivity index (χ3n) is 4.86. The van der Waals surface area contributed by atoms with Crippen molar-refractivity contribution >= 4 is 5.91 Å². The van der Waals surface area contributed by atoms with Crippen molar-refractivity contribution in [1.29, 1.82) is 0 Å². The molecule has 2 aromatic rings. The van der Waals surface area contributed by atoms with Crippen LogP contribution in [0.3, 0.4) is 0 Å². The first kappa shape index (κ1) is 17.6. The van der Waals surface area contributed by atoms with Gasteiger partial charge in [0.1, 0.15) is 0 Å². The molecule has 0 atom stereocenters. The number of hydrogen-bond donors (Lipinski definition) is 0. The zero-order valence-electron chi connectivity index (χ0n) is 15.2. The molecule has 0 unspecified atom stereocenters. The number of hydrogen-bond acceptors (Lipinski definition) is 3. The van der Waals surface area contributed by atoms with Crippen LogP contribution in [0.5, 0.6) is 0 Å². The molecule has 1 aromatic heterocycles. The summed E-state index contributed by atoms with van der Waals surface area (Å²) in [6, 6.07) is 12.8. The standard InChI is InChI=1S/C21H27N3O/c1-17(2)20-5-3-18(4-6-20)15-23-12-9-21(25)24(14-13-23)16-19-7-10-22-11-8-19/h3-8,10-11,17H,9,12-16H2,1-2H3. The van der Waals surface area contributed by atoms with Gasteiger partial charge < -0.3 is 4.90 Å². The molecule has 2 heterocycles. The van der Waals surface area contributed by atoms with E-state index in [1.807, 2.05) is 17.0 Å². The SMILES string of the molecule is CC(C)c1ccc(CN2CCC(=O)N(Cc3ccncc3)CC2)cc1. The minimum absolute atomic E-state index is 0.245. The van der Waals surface area contributed by atoms with Crippen molar-refractivity contribution in [3.05, 3.63) is 65.5 Å². The molecule has 1 amide bonds. The minimum Gasteiger partial charge on any atom is -0.337 e. The number of pyridine rings is 1. The second kappa shape index (κ2) is 8.26. The van der Waals surface area contributed by atoms with Crippen molar-refractivity contribution in [2.45, 2.75) is 39.3 Å². The van der Waals surface area contributed by atoms with Crippen molar-refractivity contribution in [3.63, 3.8) is 0 Å². The summed E-state index contributed by atoms with van der Waals surface area (Å²) in [4.78, 5) is 20.8. The highest BCUT2D eigenvalue weighted by Crippen LogP contribution is 2.17. The van der Waals surface area contributed by atoms with Crippen LogP contribution in [0.1, 0.15) is 42.9 Å². The highest BCUT2D eigenvalue weighted by atomic mass is 16.2. The lowest BCUT2D eigenvalue weighted by Gasteiger charge is -2.22. The number of carbonyl (C=O) groups excluding carboxylic acids is 1. The van der Waals surface area contributed by atoms with Gasteiger partial charge in [-0.2, -0.15) is 0 Å². The summed E-state index contributed by atoms with van der Waals surface area (Å²) in [6.45, 7) is 8.55. The number of aromatic nitrogens is 1. The maximum absolute atomic E-state index is 12.4. The quantitative estimate of drug-likeness (QED) is 0.838. The molecule has 0 aliphatic carbocycles. The first-order valence-electron chi connectivity index (χ1n) is 9.09. The van der Waals surface area contributed by atoms with Crippen molar-refractivity contribution in [3.8, 4) is 0 Å². The van der Waals surface area contributed by atoms with Gasteiger partial charge in [-0.25, -0.2) is 0 Å². The fourth-order valence-corrected chi connectivity index (χ4v) is 3.21. The molecular weight excluding hydrogens is 310 g/mol. The van der Waals surface area contributed by atoms with E-state index in [1.165, 1.54) is 11.1 Å². The topological polar surface area (TPSA) is 36.4 Å². The molecule has 0 N–H and O–H groups in total. The fourth-order valence-electron chi connectivity index (χ4n) is 3.21. The second-order valence-electron chi connectivity index (χ2n) is 7.09. The van der Waals surface area contributed by atoms with E-state index in [1.54, 1.807) is 12.4 Å². The predicted octanol–water partition coefficient (Wildman–Crippen LogP) is 3.44. The van der Waals surface area contributed by atoms with Crippen LogP contribution in [0.25, 0.3) is 0 Å². The van der Waals surface area contributed by atoms with Crippen LogP contribution >= 0.6 is 0 Å². The Morgan fingerprint density at radius 1 is 0.920 bits per heavy atom. The summed E-state index contributed by atoms with van der Waals surface area (Å²) >= 11 is 0. The lowest BCUT2D eigenvalue weighted by Crippen LogP contribution is -2.32. The van der Waals surface area contributed by atoms with E-state index >= 15 is 0 Å². The van der Waals surface area contributed by atoms with Crippen LogP contribution in [-0.2, 0) is 17.9 Å². The summed E-state index contributed by atoms with van der Waals surface area (Å²) in [5, 5.41) is 0. The molecule has 0 saturated carbocycles. The van der Waals surface area contributed by atoms with Gasteiger partial charge >= 0.3 is 0 Å². The van der Waals surface area contributed by atoms with Gasteiger partial charge in [-0.05, 0) is 34.7 Å². The van der Waals surface area contributed by atoms with E-state index in [0.717, 1.165) is 31.7 Å². The van der Waals surface area contributed by atoms with Crippen LogP contribution < -0.4 is 0 Å². The Kier molecular flexibility index (Phi) is 5.82. The third kappa shape index (κ3) is 4.89. The van der Waals surface area contributed by atoms with Crippen LogP contribution in [0.4, 0.5) is 0 Å². The molecular formula is C21H27N3O. The number of benzene rings is 1. The molecule has 0 bridgehead atoms.